The maximum atomic E-state index is 6.06. The minimum Gasteiger partial charge on any atom is -0.398 e. The molecule has 2 aromatic rings. The molecule has 1 aromatic heterocycles. The molecule has 0 spiro atoms. The van der Waals surface area contributed by atoms with Gasteiger partial charge in [-0.3, -0.25) is 4.98 Å². The molecular formula is C17H25N3. The van der Waals surface area contributed by atoms with Crippen molar-refractivity contribution in [1.29, 1.82) is 0 Å². The van der Waals surface area contributed by atoms with E-state index in [1.54, 1.807) is 0 Å². The maximum Gasteiger partial charge on any atom is 0.0956 e. The fourth-order valence-corrected chi connectivity index (χ4v) is 2.60. The van der Waals surface area contributed by atoms with Crippen molar-refractivity contribution < 1.29 is 0 Å². The first-order valence-electron chi connectivity index (χ1n) is 7.55. The first kappa shape index (κ1) is 14.6. The molecule has 0 fully saturated rings. The van der Waals surface area contributed by atoms with Crippen molar-refractivity contribution in [2.75, 3.05) is 17.2 Å². The zero-order chi connectivity index (χ0) is 14.5. The summed E-state index contributed by atoms with van der Waals surface area (Å²) >= 11 is 0. The number of nitrogen functional groups attached to an aromatic ring is 1. The van der Waals surface area contributed by atoms with Crippen LogP contribution in [0.4, 0.5) is 11.4 Å². The fourth-order valence-electron chi connectivity index (χ4n) is 2.60. The lowest BCUT2D eigenvalue weighted by atomic mass is 10.1. The molecule has 0 atom stereocenters. The van der Waals surface area contributed by atoms with Gasteiger partial charge in [0.25, 0.3) is 0 Å². The largest absolute Gasteiger partial charge is 0.398 e. The monoisotopic (exact) mass is 271 g/mol. The third-order valence-electron chi connectivity index (χ3n) is 3.72. The topological polar surface area (TPSA) is 42.1 Å². The van der Waals surface area contributed by atoms with E-state index in [1.165, 1.54) is 24.9 Å². The molecule has 0 unspecified atom stereocenters. The number of benzene rings is 1. The molecule has 0 radical (unpaired) electrons. The van der Waals surface area contributed by atoms with Crippen LogP contribution in [0.25, 0.3) is 10.9 Å². The molecule has 0 saturated heterocycles. The first-order chi connectivity index (χ1) is 9.65. The smallest absolute Gasteiger partial charge is 0.0956 e. The van der Waals surface area contributed by atoms with E-state index in [2.05, 4.69) is 36.7 Å². The van der Waals surface area contributed by atoms with Crippen molar-refractivity contribution in [3.8, 4) is 0 Å². The number of unbranched alkanes of at least 4 members (excludes halogenated alkanes) is 2. The molecule has 2 rings (SSSR count). The summed E-state index contributed by atoms with van der Waals surface area (Å²) in [4.78, 5) is 6.99. The average molecular weight is 271 g/mol. The summed E-state index contributed by atoms with van der Waals surface area (Å²) < 4.78 is 0. The van der Waals surface area contributed by atoms with Gasteiger partial charge in [-0.1, -0.05) is 19.8 Å². The van der Waals surface area contributed by atoms with Gasteiger partial charge in [0.1, 0.15) is 0 Å². The highest BCUT2D eigenvalue weighted by atomic mass is 15.2. The van der Waals surface area contributed by atoms with Crippen molar-refractivity contribution >= 4 is 22.3 Å². The Morgan fingerprint density at radius 1 is 1.20 bits per heavy atom. The van der Waals surface area contributed by atoms with Crippen molar-refractivity contribution in [2.24, 2.45) is 0 Å². The van der Waals surface area contributed by atoms with Crippen molar-refractivity contribution in [1.82, 2.24) is 4.98 Å². The van der Waals surface area contributed by atoms with E-state index < -0.39 is 0 Å². The molecule has 0 aliphatic rings. The molecule has 0 saturated carbocycles. The van der Waals surface area contributed by atoms with Gasteiger partial charge < -0.3 is 10.6 Å². The van der Waals surface area contributed by atoms with Crippen molar-refractivity contribution in [3.05, 3.63) is 30.5 Å². The minimum atomic E-state index is 0.459. The second-order valence-electron chi connectivity index (χ2n) is 5.57. The third kappa shape index (κ3) is 3.03. The summed E-state index contributed by atoms with van der Waals surface area (Å²) in [6.07, 6.45) is 5.57. The number of nitrogens with zero attached hydrogens (tertiary/aromatic N) is 2. The van der Waals surface area contributed by atoms with Crippen LogP contribution in [0.5, 0.6) is 0 Å². The maximum absolute atomic E-state index is 6.06. The molecule has 2 N–H and O–H groups in total. The summed E-state index contributed by atoms with van der Waals surface area (Å²) in [5, 5.41) is 1.05. The molecule has 3 nitrogen and oxygen atoms in total. The van der Waals surface area contributed by atoms with E-state index in [1.807, 2.05) is 24.4 Å². The van der Waals surface area contributed by atoms with Crippen LogP contribution in [0, 0.1) is 0 Å². The lowest BCUT2D eigenvalue weighted by Gasteiger charge is -2.30. The van der Waals surface area contributed by atoms with Gasteiger partial charge in [0.15, 0.2) is 0 Å². The lowest BCUT2D eigenvalue weighted by molar-refractivity contribution is 0.627. The second-order valence-corrected chi connectivity index (χ2v) is 5.57. The number of fused-ring (bicyclic) bond motifs is 1. The molecule has 20 heavy (non-hydrogen) atoms. The van der Waals surface area contributed by atoms with Crippen LogP contribution in [0.2, 0.25) is 0 Å². The van der Waals surface area contributed by atoms with Crippen molar-refractivity contribution in [2.45, 2.75) is 46.1 Å². The Hall–Kier alpha value is -1.77. The molecule has 1 aromatic carbocycles. The Morgan fingerprint density at radius 2 is 2.00 bits per heavy atom. The zero-order valence-corrected chi connectivity index (χ0v) is 12.8. The van der Waals surface area contributed by atoms with E-state index in [-0.39, 0.29) is 0 Å². The van der Waals surface area contributed by atoms with Crippen LogP contribution in [0.3, 0.4) is 0 Å². The van der Waals surface area contributed by atoms with E-state index in [0.717, 1.165) is 23.1 Å². The highest BCUT2D eigenvalue weighted by Gasteiger charge is 2.14. The van der Waals surface area contributed by atoms with E-state index in [9.17, 15) is 0 Å². The van der Waals surface area contributed by atoms with Crippen molar-refractivity contribution in [3.63, 3.8) is 0 Å². The van der Waals surface area contributed by atoms with Gasteiger partial charge in [-0.2, -0.15) is 0 Å². The van der Waals surface area contributed by atoms with Gasteiger partial charge in [0.2, 0.25) is 0 Å². The zero-order valence-electron chi connectivity index (χ0n) is 12.8. The van der Waals surface area contributed by atoms with Gasteiger partial charge >= 0.3 is 0 Å². The molecule has 0 aliphatic carbocycles. The Kier molecular flexibility index (Phi) is 4.83. The van der Waals surface area contributed by atoms with E-state index in [4.69, 9.17) is 5.73 Å². The quantitative estimate of drug-likeness (QED) is 0.631. The minimum absolute atomic E-state index is 0.459. The molecule has 0 bridgehead atoms. The number of hydrogen-bond acceptors (Lipinski definition) is 3. The number of anilines is 2. The summed E-state index contributed by atoms with van der Waals surface area (Å²) in [7, 11) is 0. The van der Waals surface area contributed by atoms with Crippen LogP contribution in [0.15, 0.2) is 30.5 Å². The van der Waals surface area contributed by atoms with Gasteiger partial charge in [-0.05, 0) is 44.5 Å². The van der Waals surface area contributed by atoms with Gasteiger partial charge in [-0.15, -0.1) is 0 Å². The Morgan fingerprint density at radius 3 is 2.70 bits per heavy atom. The molecule has 0 aliphatic heterocycles. The van der Waals surface area contributed by atoms with Gasteiger partial charge in [0, 0.05) is 29.9 Å². The number of aromatic nitrogens is 1. The average Bonchev–Trinajstić information content (AvgIpc) is 2.45. The van der Waals surface area contributed by atoms with Crippen LogP contribution < -0.4 is 10.6 Å². The SMILES string of the molecule is CCCCCN(c1ccc(N)c2cccnc12)C(C)C. The van der Waals surface area contributed by atoms with Crippen LogP contribution in [-0.4, -0.2) is 17.6 Å². The third-order valence-corrected chi connectivity index (χ3v) is 3.72. The second kappa shape index (κ2) is 6.60. The Bertz CT molecular complexity index is 563. The molecule has 108 valence electrons. The highest BCUT2D eigenvalue weighted by Crippen LogP contribution is 2.30. The predicted octanol–water partition coefficient (Wildman–Crippen LogP) is 4.22. The summed E-state index contributed by atoms with van der Waals surface area (Å²) in [6.45, 7) is 7.77. The number of pyridine rings is 1. The number of nitrogens with two attached hydrogens (primary N) is 1. The van der Waals surface area contributed by atoms with Gasteiger partial charge in [0.05, 0.1) is 11.2 Å². The van der Waals surface area contributed by atoms with Crippen LogP contribution in [0.1, 0.15) is 40.0 Å². The van der Waals surface area contributed by atoms with Crippen LogP contribution in [-0.2, 0) is 0 Å². The molecule has 3 heteroatoms. The first-order valence-corrected chi connectivity index (χ1v) is 7.55. The molecule has 0 amide bonds. The summed E-state index contributed by atoms with van der Waals surface area (Å²) in [5.41, 5.74) is 9.07. The van der Waals surface area contributed by atoms with E-state index >= 15 is 0 Å². The predicted molar refractivity (Wildman–Crippen MR) is 88.2 cm³/mol. The Labute approximate surface area is 121 Å². The van der Waals surface area contributed by atoms with Gasteiger partial charge in [-0.25, -0.2) is 0 Å². The standard InChI is InChI=1S/C17H25N3/c1-4-5-6-12-20(13(2)3)16-10-9-15(18)14-8-7-11-19-17(14)16/h7-11,13H,4-6,12,18H2,1-3H3. The lowest BCUT2D eigenvalue weighted by Crippen LogP contribution is -2.32. The number of hydrogen-bond donors (Lipinski definition) is 1. The fraction of sp³-hybridized carbons (Fsp3) is 0.471. The normalized spacial score (nSPS) is 11.2. The summed E-state index contributed by atoms with van der Waals surface area (Å²) in [6, 6.07) is 8.55. The highest BCUT2D eigenvalue weighted by molar-refractivity contribution is 5.98. The molecule has 1 heterocycles. The summed E-state index contributed by atoms with van der Waals surface area (Å²) in [5.74, 6) is 0. The van der Waals surface area contributed by atoms with E-state index in [0.29, 0.717) is 6.04 Å². The van der Waals surface area contributed by atoms with Crippen LogP contribution >= 0.6 is 0 Å². The number of rotatable bonds is 6. The molecular weight excluding hydrogens is 246 g/mol. The Balaban J connectivity index is 2.40.